The third kappa shape index (κ3) is 9.54. The number of sulfonamides is 2. The first kappa shape index (κ1) is 44.4. The molecule has 0 N–H and O–H groups in total. The maximum atomic E-state index is 12.9. The molecular weight excluding hydrogens is 873 g/mol. The van der Waals surface area contributed by atoms with E-state index in [9.17, 15) is 37.1 Å². The van der Waals surface area contributed by atoms with E-state index >= 15 is 0 Å². The van der Waals surface area contributed by atoms with Crippen molar-refractivity contribution in [3.8, 4) is 22.5 Å². The number of nitro groups is 2. The van der Waals surface area contributed by atoms with E-state index < -0.39 is 29.9 Å². The molecule has 8 rings (SSSR count). The molecule has 0 saturated carbocycles. The van der Waals surface area contributed by atoms with Crippen LogP contribution in [-0.4, -0.2) is 97.6 Å². The minimum Gasteiger partial charge on any atom is -0.345 e. The monoisotopic (exact) mass is 916 g/mol. The van der Waals surface area contributed by atoms with Crippen LogP contribution in [0.3, 0.4) is 0 Å². The molecule has 4 aromatic carbocycles. The van der Waals surface area contributed by atoms with E-state index in [4.69, 9.17) is 9.97 Å². The van der Waals surface area contributed by atoms with E-state index in [0.717, 1.165) is 50.5 Å². The van der Waals surface area contributed by atoms with Crippen LogP contribution < -0.4 is 9.80 Å². The van der Waals surface area contributed by atoms with E-state index in [2.05, 4.69) is 67.8 Å². The van der Waals surface area contributed by atoms with Gasteiger partial charge in [-0.05, 0) is 62.6 Å². The molecule has 2 aliphatic rings. The summed E-state index contributed by atoms with van der Waals surface area (Å²) in [5.74, 6) is 0. The molecule has 62 heavy (non-hydrogen) atoms. The number of hydrogen-bond donors (Lipinski definition) is 0. The number of nitrogens with zero attached hydrogens (tertiary/aromatic N) is 8. The Morgan fingerprint density at radius 1 is 0.548 bits per heavy atom. The number of anilines is 2. The molecule has 6 aromatic rings. The van der Waals surface area contributed by atoms with Crippen LogP contribution in [0.4, 0.5) is 21.6 Å². The van der Waals surface area contributed by atoms with Gasteiger partial charge in [0.2, 0.25) is 20.0 Å². The normalized spacial score (nSPS) is 15.2. The van der Waals surface area contributed by atoms with Gasteiger partial charge in [0.15, 0.2) is 10.3 Å². The highest BCUT2D eigenvalue weighted by molar-refractivity contribution is 7.89. The first-order valence-electron chi connectivity index (χ1n) is 19.6. The summed E-state index contributed by atoms with van der Waals surface area (Å²) in [6.07, 6.45) is 0. The van der Waals surface area contributed by atoms with Crippen LogP contribution >= 0.6 is 22.7 Å². The summed E-state index contributed by atoms with van der Waals surface area (Å²) in [5.41, 5.74) is 8.34. The zero-order valence-corrected chi connectivity index (χ0v) is 37.6. The van der Waals surface area contributed by atoms with E-state index in [0.29, 0.717) is 52.4 Å². The van der Waals surface area contributed by atoms with Gasteiger partial charge in [-0.1, -0.05) is 48.0 Å². The second kappa shape index (κ2) is 18.4. The molecule has 324 valence electrons. The van der Waals surface area contributed by atoms with Crippen molar-refractivity contribution in [1.29, 1.82) is 0 Å². The summed E-state index contributed by atoms with van der Waals surface area (Å²) < 4.78 is 54.5. The predicted molar refractivity (Wildman–Crippen MR) is 242 cm³/mol. The van der Waals surface area contributed by atoms with Gasteiger partial charge in [0.25, 0.3) is 11.4 Å². The fourth-order valence-corrected chi connectivity index (χ4v) is 11.8. The van der Waals surface area contributed by atoms with Crippen LogP contribution in [0.25, 0.3) is 22.5 Å². The van der Waals surface area contributed by atoms with Crippen molar-refractivity contribution in [2.24, 2.45) is 0 Å². The van der Waals surface area contributed by atoms with E-state index in [1.165, 1.54) is 61.7 Å². The Balaban J connectivity index is 0.000000186. The molecule has 20 heteroatoms. The Labute approximate surface area is 368 Å². The van der Waals surface area contributed by atoms with Crippen LogP contribution in [0.5, 0.6) is 0 Å². The zero-order chi connectivity index (χ0) is 44.3. The first-order valence-corrected chi connectivity index (χ1v) is 24.2. The van der Waals surface area contributed by atoms with Crippen molar-refractivity contribution < 1.29 is 26.7 Å². The van der Waals surface area contributed by atoms with Crippen molar-refractivity contribution in [1.82, 2.24) is 18.6 Å². The van der Waals surface area contributed by atoms with E-state index in [-0.39, 0.29) is 21.2 Å². The van der Waals surface area contributed by atoms with Crippen molar-refractivity contribution in [3.63, 3.8) is 0 Å². The maximum absolute atomic E-state index is 12.9. The van der Waals surface area contributed by atoms with Crippen molar-refractivity contribution in [2.75, 3.05) is 62.2 Å². The van der Waals surface area contributed by atoms with Gasteiger partial charge >= 0.3 is 0 Å². The topological polar surface area (TPSA) is 193 Å². The van der Waals surface area contributed by atoms with Gasteiger partial charge < -0.3 is 9.80 Å². The molecule has 16 nitrogen and oxygen atoms in total. The van der Waals surface area contributed by atoms with Gasteiger partial charge in [0, 0.05) is 98.5 Å². The van der Waals surface area contributed by atoms with Crippen LogP contribution in [0.15, 0.2) is 105 Å². The summed E-state index contributed by atoms with van der Waals surface area (Å²) in [7, 11) is -7.57. The highest BCUT2D eigenvalue weighted by atomic mass is 32.2. The average Bonchev–Trinajstić information content (AvgIpc) is 3.97. The Kier molecular flexibility index (Phi) is 13.2. The summed E-state index contributed by atoms with van der Waals surface area (Å²) >= 11 is 3.10. The molecule has 0 amide bonds. The van der Waals surface area contributed by atoms with E-state index in [1.54, 1.807) is 22.7 Å². The molecular formula is C42H44N8O8S4. The lowest BCUT2D eigenvalue weighted by Crippen LogP contribution is -2.48. The molecule has 0 aliphatic carbocycles. The highest BCUT2D eigenvalue weighted by Crippen LogP contribution is 2.33. The number of rotatable bonds is 10. The number of hydrogen-bond acceptors (Lipinski definition) is 14. The molecule has 2 fully saturated rings. The van der Waals surface area contributed by atoms with Gasteiger partial charge in [-0.2, -0.15) is 8.61 Å². The Hall–Kier alpha value is -5.64. The number of nitro benzene ring substituents is 2. The fourth-order valence-electron chi connectivity index (χ4n) is 7.16. The highest BCUT2D eigenvalue weighted by Gasteiger charge is 2.32. The second-order valence-electron chi connectivity index (χ2n) is 14.9. The van der Waals surface area contributed by atoms with Crippen LogP contribution in [0.2, 0.25) is 0 Å². The second-order valence-corrected chi connectivity index (χ2v) is 20.4. The van der Waals surface area contributed by atoms with Gasteiger partial charge in [0.05, 0.1) is 31.0 Å². The van der Waals surface area contributed by atoms with Crippen molar-refractivity contribution in [2.45, 2.75) is 37.5 Å². The van der Waals surface area contributed by atoms with Gasteiger partial charge in [-0.15, -0.1) is 22.7 Å². The first-order chi connectivity index (χ1) is 29.5. The molecule has 0 unspecified atom stereocenters. The number of piperazine rings is 2. The van der Waals surface area contributed by atoms with Gasteiger partial charge in [0.1, 0.15) is 0 Å². The van der Waals surface area contributed by atoms with Crippen LogP contribution in [0, 0.1) is 47.9 Å². The Bertz CT molecular complexity index is 2710. The molecule has 2 aromatic heterocycles. The van der Waals surface area contributed by atoms with Crippen molar-refractivity contribution >= 4 is 64.4 Å². The van der Waals surface area contributed by atoms with Gasteiger partial charge in [-0.3, -0.25) is 20.2 Å². The summed E-state index contributed by atoms with van der Waals surface area (Å²) in [6, 6.07) is 22.8. The number of aromatic nitrogens is 2. The SMILES string of the molecule is Cc1ccc(C)c(-c2csc(N3CCN(S(=O)(=O)c4cccc([N+](=O)[O-])c4)CC3)n2)c1.Cc1cccc(-c2csc(N3CCN(S(=O)(=O)c4cccc([N+](=O)[O-])c4)CC3)n2)c1C. The largest absolute Gasteiger partial charge is 0.345 e. The lowest BCUT2D eigenvalue weighted by atomic mass is 10.0. The molecule has 2 saturated heterocycles. The average molecular weight is 917 g/mol. The van der Waals surface area contributed by atoms with Crippen LogP contribution in [0.1, 0.15) is 22.3 Å². The molecule has 2 aliphatic heterocycles. The van der Waals surface area contributed by atoms with Crippen molar-refractivity contribution in [3.05, 3.63) is 138 Å². The number of thiazole rings is 2. The number of aryl methyl sites for hydroxylation is 3. The smallest absolute Gasteiger partial charge is 0.270 e. The molecule has 4 heterocycles. The fraction of sp³-hybridized carbons (Fsp3) is 0.286. The molecule has 0 radical (unpaired) electrons. The summed E-state index contributed by atoms with van der Waals surface area (Å²) in [5, 5.41) is 27.8. The zero-order valence-electron chi connectivity index (χ0n) is 34.4. The third-order valence-corrected chi connectivity index (χ3v) is 16.5. The standard InChI is InChI=1S/2C21H22N4O4S2/c1-15-5-3-8-19(16(15)2)20-14-30-21(22-20)23-9-11-24(12-10-23)31(28,29)18-7-4-6-17(13-18)25(26)27;1-15-6-7-16(2)19(12-15)20-14-30-21(22-20)23-8-10-24(11-9-23)31(28,29)18-5-3-4-17(13-18)25(26)27/h3-8,13-14H,9-12H2,1-2H3;3-7,12-14H,8-11H2,1-2H3. The summed E-state index contributed by atoms with van der Waals surface area (Å²) in [6.45, 7) is 11.5. The quantitative estimate of drug-likeness (QED) is 0.0962. The summed E-state index contributed by atoms with van der Waals surface area (Å²) in [4.78, 5) is 34.4. The minimum absolute atomic E-state index is 0.0541. The molecule has 0 atom stereocenters. The minimum atomic E-state index is -3.79. The lowest BCUT2D eigenvalue weighted by molar-refractivity contribution is -0.385. The predicted octanol–water partition coefficient (Wildman–Crippen LogP) is 7.69. The number of benzene rings is 4. The molecule has 0 bridgehead atoms. The Morgan fingerprint density at radius 3 is 1.47 bits per heavy atom. The lowest BCUT2D eigenvalue weighted by Gasteiger charge is -2.33. The maximum Gasteiger partial charge on any atom is 0.270 e. The Morgan fingerprint density at radius 2 is 1.00 bits per heavy atom. The molecule has 0 spiro atoms. The van der Waals surface area contributed by atoms with Crippen LogP contribution in [-0.2, 0) is 20.0 Å². The third-order valence-electron chi connectivity index (χ3n) is 10.9. The van der Waals surface area contributed by atoms with Gasteiger partial charge in [-0.25, -0.2) is 26.8 Å². The number of non-ortho nitro benzene ring substituents is 2. The van der Waals surface area contributed by atoms with E-state index in [1.807, 2.05) is 16.8 Å².